The third-order valence-corrected chi connectivity index (χ3v) is 7.57. The van der Waals surface area contributed by atoms with Gasteiger partial charge in [0.25, 0.3) is 5.56 Å². The molecule has 0 bridgehead atoms. The number of H-pyrrole nitrogens is 1. The Bertz CT molecular complexity index is 1390. The largest absolute Gasteiger partial charge is 0.497 e. The summed E-state index contributed by atoms with van der Waals surface area (Å²) >= 11 is 0. The van der Waals surface area contributed by atoms with Gasteiger partial charge in [0.05, 0.1) is 32.1 Å². The lowest BCUT2D eigenvalue weighted by Crippen LogP contribution is -2.39. The number of pyridine rings is 1. The minimum absolute atomic E-state index is 0.0629. The molecule has 4 aromatic rings. The zero-order valence-corrected chi connectivity index (χ0v) is 21.0. The van der Waals surface area contributed by atoms with Crippen molar-refractivity contribution in [2.75, 3.05) is 20.3 Å². The molecule has 2 unspecified atom stereocenters. The molecule has 37 heavy (non-hydrogen) atoms. The van der Waals surface area contributed by atoms with Crippen LogP contribution in [-0.4, -0.2) is 56.5 Å². The second-order valence-electron chi connectivity index (χ2n) is 9.97. The Balaban J connectivity index is 1.50. The van der Waals surface area contributed by atoms with Crippen molar-refractivity contribution in [1.29, 1.82) is 0 Å². The number of furan rings is 1. The van der Waals surface area contributed by atoms with E-state index in [0.29, 0.717) is 24.5 Å². The number of benzene rings is 1. The molecule has 2 fully saturated rings. The van der Waals surface area contributed by atoms with Gasteiger partial charge in [0.15, 0.2) is 5.82 Å². The Morgan fingerprint density at radius 2 is 2.08 bits per heavy atom. The minimum atomic E-state index is -0.496. The molecule has 2 atom stereocenters. The van der Waals surface area contributed by atoms with Gasteiger partial charge in [-0.05, 0) is 72.5 Å². The molecule has 2 aliphatic rings. The predicted octanol–water partition coefficient (Wildman–Crippen LogP) is 4.00. The highest BCUT2D eigenvalue weighted by Crippen LogP contribution is 2.35. The van der Waals surface area contributed by atoms with Crippen LogP contribution in [0.2, 0.25) is 0 Å². The maximum atomic E-state index is 13.7. The quantitative estimate of drug-likeness (QED) is 0.364. The van der Waals surface area contributed by atoms with E-state index in [4.69, 9.17) is 13.9 Å². The lowest BCUT2D eigenvalue weighted by molar-refractivity contribution is 0.0541. The van der Waals surface area contributed by atoms with E-state index in [1.165, 1.54) is 0 Å². The van der Waals surface area contributed by atoms with Crippen molar-refractivity contribution >= 4 is 10.9 Å². The van der Waals surface area contributed by atoms with Gasteiger partial charge in [-0.25, -0.2) is 4.68 Å². The molecule has 0 amide bonds. The van der Waals surface area contributed by atoms with E-state index in [-0.39, 0.29) is 17.7 Å². The van der Waals surface area contributed by atoms with Crippen LogP contribution in [0, 0.1) is 0 Å². The summed E-state index contributed by atoms with van der Waals surface area (Å²) in [7, 11) is 1.64. The fourth-order valence-corrected chi connectivity index (χ4v) is 5.73. The smallest absolute Gasteiger partial charge is 0.253 e. The van der Waals surface area contributed by atoms with E-state index in [9.17, 15) is 4.79 Å². The van der Waals surface area contributed by atoms with Crippen LogP contribution in [0.4, 0.5) is 0 Å². The van der Waals surface area contributed by atoms with Crippen LogP contribution in [0.3, 0.4) is 0 Å². The second kappa shape index (κ2) is 10.5. The molecule has 194 valence electrons. The van der Waals surface area contributed by atoms with Crippen LogP contribution in [0.1, 0.15) is 67.8 Å². The van der Waals surface area contributed by atoms with Crippen molar-refractivity contribution in [3.05, 3.63) is 70.2 Å². The van der Waals surface area contributed by atoms with E-state index >= 15 is 0 Å². The Morgan fingerprint density at radius 3 is 2.84 bits per heavy atom. The Kier molecular flexibility index (Phi) is 6.75. The average Bonchev–Trinajstić information content (AvgIpc) is 3.73. The topological polar surface area (TPSA) is 111 Å². The summed E-state index contributed by atoms with van der Waals surface area (Å²) in [5.41, 5.74) is 1.17. The number of rotatable bonds is 9. The predicted molar refractivity (Wildman–Crippen MR) is 136 cm³/mol. The number of fused-ring (bicyclic) bond motifs is 1. The summed E-state index contributed by atoms with van der Waals surface area (Å²) in [5, 5.41) is 13.9. The molecule has 10 nitrogen and oxygen atoms in total. The second-order valence-corrected chi connectivity index (χ2v) is 9.97. The normalized spacial score (nSPS) is 19.2. The van der Waals surface area contributed by atoms with Crippen LogP contribution in [0.5, 0.6) is 5.75 Å². The average molecular weight is 505 g/mol. The standard InChI is InChI=1S/C27H32N6O4/c1-35-20-10-11-24-18(14-20)15-23(27(34)28-24)25(26-29-30-31-33(26)19-6-2-3-7-19)32(16-21-8-4-12-36-21)17-22-9-5-13-37-22/h4,8,10-12,14-15,19,22,25H,2-3,5-7,9,13,16-17H2,1H3,(H,28,34). The molecule has 3 aromatic heterocycles. The van der Waals surface area contributed by atoms with Gasteiger partial charge in [-0.2, -0.15) is 0 Å². The summed E-state index contributed by atoms with van der Waals surface area (Å²) in [5.74, 6) is 2.20. The highest BCUT2D eigenvalue weighted by Gasteiger charge is 2.35. The molecule has 0 radical (unpaired) electrons. The molecule has 1 N–H and O–H groups in total. The maximum Gasteiger partial charge on any atom is 0.253 e. The summed E-state index contributed by atoms with van der Waals surface area (Å²) in [6, 6.07) is 11.1. The van der Waals surface area contributed by atoms with Gasteiger partial charge in [-0.1, -0.05) is 12.8 Å². The Labute approximate surface area is 214 Å². The van der Waals surface area contributed by atoms with Gasteiger partial charge < -0.3 is 18.9 Å². The highest BCUT2D eigenvalue weighted by atomic mass is 16.5. The van der Waals surface area contributed by atoms with Gasteiger partial charge in [0.1, 0.15) is 17.6 Å². The van der Waals surface area contributed by atoms with Gasteiger partial charge in [-0.15, -0.1) is 5.10 Å². The lowest BCUT2D eigenvalue weighted by atomic mass is 10.0. The van der Waals surface area contributed by atoms with Crippen molar-refractivity contribution in [2.24, 2.45) is 0 Å². The monoisotopic (exact) mass is 504 g/mol. The lowest BCUT2D eigenvalue weighted by Gasteiger charge is -2.32. The number of nitrogens with one attached hydrogen (secondary N) is 1. The summed E-state index contributed by atoms with van der Waals surface area (Å²) in [6.07, 6.45) is 8.09. The molecule has 1 saturated carbocycles. The highest BCUT2D eigenvalue weighted by molar-refractivity contribution is 5.80. The number of nitrogens with zero attached hydrogens (tertiary/aromatic N) is 5. The van der Waals surface area contributed by atoms with Crippen molar-refractivity contribution in [3.8, 4) is 5.75 Å². The number of ether oxygens (including phenoxy) is 2. The SMILES string of the molecule is COc1ccc2[nH]c(=O)c(C(c3nnnn3C3CCCC3)N(Cc3ccco3)CC3CCCO3)cc2c1. The number of hydrogen-bond acceptors (Lipinski definition) is 8. The van der Waals surface area contributed by atoms with Gasteiger partial charge in [0.2, 0.25) is 0 Å². The first-order valence-corrected chi connectivity index (χ1v) is 13.1. The summed E-state index contributed by atoms with van der Waals surface area (Å²) < 4.78 is 19.2. The molecule has 1 aromatic carbocycles. The molecule has 10 heteroatoms. The van der Waals surface area contributed by atoms with E-state index in [1.54, 1.807) is 13.4 Å². The molecular weight excluding hydrogens is 472 g/mol. The molecule has 0 spiro atoms. The molecule has 6 rings (SSSR count). The van der Waals surface area contributed by atoms with Crippen molar-refractivity contribution < 1.29 is 13.9 Å². The Morgan fingerprint density at radius 1 is 1.19 bits per heavy atom. The fraction of sp³-hybridized carbons (Fsp3) is 0.481. The Hall–Kier alpha value is -3.50. The zero-order valence-electron chi connectivity index (χ0n) is 21.0. The number of methoxy groups -OCH3 is 1. The van der Waals surface area contributed by atoms with Crippen LogP contribution in [-0.2, 0) is 11.3 Å². The van der Waals surface area contributed by atoms with Crippen LogP contribution >= 0.6 is 0 Å². The first kappa shape index (κ1) is 23.9. The molecule has 1 aliphatic heterocycles. The summed E-state index contributed by atoms with van der Waals surface area (Å²) in [4.78, 5) is 19.0. The van der Waals surface area contributed by atoms with Crippen LogP contribution in [0.25, 0.3) is 10.9 Å². The molecular formula is C27H32N6O4. The van der Waals surface area contributed by atoms with Crippen LogP contribution < -0.4 is 10.3 Å². The minimum Gasteiger partial charge on any atom is -0.497 e. The van der Waals surface area contributed by atoms with Crippen molar-refractivity contribution in [3.63, 3.8) is 0 Å². The fourth-order valence-electron chi connectivity index (χ4n) is 5.73. The molecule has 1 aliphatic carbocycles. The number of aromatic nitrogens is 5. The van der Waals surface area contributed by atoms with E-state index < -0.39 is 6.04 Å². The van der Waals surface area contributed by atoms with Crippen molar-refractivity contribution in [1.82, 2.24) is 30.1 Å². The summed E-state index contributed by atoms with van der Waals surface area (Å²) in [6.45, 7) is 1.86. The molecule has 4 heterocycles. The molecule has 1 saturated heterocycles. The third kappa shape index (κ3) is 4.91. The van der Waals surface area contributed by atoms with Crippen molar-refractivity contribution in [2.45, 2.75) is 63.3 Å². The van der Waals surface area contributed by atoms with E-state index in [2.05, 4.69) is 25.4 Å². The van der Waals surface area contributed by atoms with Crippen LogP contribution in [0.15, 0.2) is 51.9 Å². The first-order valence-electron chi connectivity index (χ1n) is 13.1. The van der Waals surface area contributed by atoms with E-state index in [0.717, 1.165) is 67.5 Å². The van der Waals surface area contributed by atoms with Gasteiger partial charge in [-0.3, -0.25) is 9.69 Å². The van der Waals surface area contributed by atoms with Gasteiger partial charge in [0, 0.05) is 29.6 Å². The zero-order chi connectivity index (χ0) is 25.2. The van der Waals surface area contributed by atoms with Gasteiger partial charge >= 0.3 is 0 Å². The number of hydrogen-bond donors (Lipinski definition) is 1. The number of aromatic amines is 1. The third-order valence-electron chi connectivity index (χ3n) is 7.57. The first-order chi connectivity index (χ1) is 18.2. The van der Waals surface area contributed by atoms with E-state index in [1.807, 2.05) is 41.1 Å². The maximum absolute atomic E-state index is 13.7. The number of tetrazole rings is 1.